The molecule has 1 nitrogen and oxygen atoms in total. The molecule has 13 heavy (non-hydrogen) atoms. The van der Waals surface area contributed by atoms with Crippen LogP contribution in [0.3, 0.4) is 0 Å². The SMILES string of the molecule is CC(O)CC(C)CC1CCCCC1. The zero-order chi connectivity index (χ0) is 9.68. The predicted octanol–water partition coefficient (Wildman–Crippen LogP) is 3.36. The molecule has 2 unspecified atom stereocenters. The van der Waals surface area contributed by atoms with E-state index in [1.807, 2.05) is 6.92 Å². The minimum atomic E-state index is -0.112. The molecular formula is C12H24O. The van der Waals surface area contributed by atoms with Gasteiger partial charge < -0.3 is 5.11 Å². The quantitative estimate of drug-likeness (QED) is 0.710. The van der Waals surface area contributed by atoms with Crippen LogP contribution in [0, 0.1) is 11.8 Å². The molecular weight excluding hydrogens is 160 g/mol. The molecule has 0 bridgehead atoms. The second-order valence-electron chi connectivity index (χ2n) is 4.93. The van der Waals surface area contributed by atoms with Crippen LogP contribution in [0.4, 0.5) is 0 Å². The van der Waals surface area contributed by atoms with Gasteiger partial charge in [0.15, 0.2) is 0 Å². The maximum atomic E-state index is 9.25. The lowest BCUT2D eigenvalue weighted by atomic mass is 9.82. The van der Waals surface area contributed by atoms with Gasteiger partial charge in [-0.05, 0) is 31.6 Å². The molecule has 0 spiro atoms. The molecule has 0 aromatic rings. The summed E-state index contributed by atoms with van der Waals surface area (Å²) in [6, 6.07) is 0. The largest absolute Gasteiger partial charge is 0.393 e. The topological polar surface area (TPSA) is 20.2 Å². The van der Waals surface area contributed by atoms with Crippen molar-refractivity contribution < 1.29 is 5.11 Å². The van der Waals surface area contributed by atoms with Crippen molar-refractivity contribution in [3.63, 3.8) is 0 Å². The first-order valence-corrected chi connectivity index (χ1v) is 5.86. The molecule has 1 N–H and O–H groups in total. The highest BCUT2D eigenvalue weighted by atomic mass is 16.3. The van der Waals surface area contributed by atoms with E-state index in [0.717, 1.165) is 12.3 Å². The number of aliphatic hydroxyl groups excluding tert-OH is 1. The van der Waals surface area contributed by atoms with Gasteiger partial charge in [-0.15, -0.1) is 0 Å². The van der Waals surface area contributed by atoms with Gasteiger partial charge in [-0.3, -0.25) is 0 Å². The van der Waals surface area contributed by atoms with Crippen molar-refractivity contribution in [2.75, 3.05) is 0 Å². The third-order valence-corrected chi connectivity index (χ3v) is 3.20. The standard InChI is InChI=1S/C12H24O/c1-10(8-11(2)13)9-12-6-4-3-5-7-12/h10-13H,3-9H2,1-2H3. The average molecular weight is 184 g/mol. The van der Waals surface area contributed by atoms with Crippen molar-refractivity contribution in [1.82, 2.24) is 0 Å². The minimum Gasteiger partial charge on any atom is -0.393 e. The molecule has 0 aromatic carbocycles. The van der Waals surface area contributed by atoms with E-state index in [2.05, 4.69) is 6.92 Å². The van der Waals surface area contributed by atoms with Gasteiger partial charge in [0, 0.05) is 0 Å². The van der Waals surface area contributed by atoms with E-state index < -0.39 is 0 Å². The summed E-state index contributed by atoms with van der Waals surface area (Å²) in [7, 11) is 0. The van der Waals surface area contributed by atoms with Crippen LogP contribution in [-0.4, -0.2) is 11.2 Å². The Labute approximate surface area is 82.5 Å². The van der Waals surface area contributed by atoms with Gasteiger partial charge in [0.25, 0.3) is 0 Å². The molecule has 78 valence electrons. The van der Waals surface area contributed by atoms with E-state index in [-0.39, 0.29) is 6.10 Å². The van der Waals surface area contributed by atoms with Gasteiger partial charge in [0.1, 0.15) is 0 Å². The molecule has 1 saturated carbocycles. The van der Waals surface area contributed by atoms with Gasteiger partial charge in [-0.2, -0.15) is 0 Å². The average Bonchev–Trinajstić information content (AvgIpc) is 2.04. The van der Waals surface area contributed by atoms with Crippen LogP contribution in [0.5, 0.6) is 0 Å². The fraction of sp³-hybridized carbons (Fsp3) is 1.00. The van der Waals surface area contributed by atoms with E-state index in [1.54, 1.807) is 0 Å². The Hall–Kier alpha value is -0.0400. The number of hydrogen-bond acceptors (Lipinski definition) is 1. The first-order chi connectivity index (χ1) is 6.18. The van der Waals surface area contributed by atoms with Crippen LogP contribution in [0.15, 0.2) is 0 Å². The second kappa shape index (κ2) is 5.64. The van der Waals surface area contributed by atoms with Crippen molar-refractivity contribution in [2.45, 2.75) is 64.9 Å². The maximum Gasteiger partial charge on any atom is 0.0514 e. The Morgan fingerprint density at radius 2 is 1.77 bits per heavy atom. The molecule has 0 aromatic heterocycles. The first kappa shape index (κ1) is 11.0. The molecule has 0 saturated heterocycles. The molecule has 1 heteroatoms. The Kier molecular flexibility index (Phi) is 4.79. The Balaban J connectivity index is 2.14. The summed E-state index contributed by atoms with van der Waals surface area (Å²) in [5, 5.41) is 9.25. The maximum absolute atomic E-state index is 9.25. The van der Waals surface area contributed by atoms with Crippen LogP contribution >= 0.6 is 0 Å². The van der Waals surface area contributed by atoms with Crippen LogP contribution in [-0.2, 0) is 0 Å². The molecule has 1 rings (SSSR count). The van der Waals surface area contributed by atoms with Crippen LogP contribution in [0.2, 0.25) is 0 Å². The summed E-state index contributed by atoms with van der Waals surface area (Å²) >= 11 is 0. The van der Waals surface area contributed by atoms with Crippen molar-refractivity contribution in [2.24, 2.45) is 11.8 Å². The molecule has 1 aliphatic rings. The van der Waals surface area contributed by atoms with Crippen molar-refractivity contribution >= 4 is 0 Å². The second-order valence-corrected chi connectivity index (χ2v) is 4.93. The van der Waals surface area contributed by atoms with E-state index in [0.29, 0.717) is 5.92 Å². The summed E-state index contributed by atoms with van der Waals surface area (Å²) in [6.45, 7) is 4.18. The van der Waals surface area contributed by atoms with Gasteiger partial charge in [0.2, 0.25) is 0 Å². The van der Waals surface area contributed by atoms with E-state index in [9.17, 15) is 5.11 Å². The lowest BCUT2D eigenvalue weighted by Gasteiger charge is -2.25. The fourth-order valence-corrected chi connectivity index (χ4v) is 2.67. The van der Waals surface area contributed by atoms with Crippen molar-refractivity contribution in [3.8, 4) is 0 Å². The third-order valence-electron chi connectivity index (χ3n) is 3.20. The highest BCUT2D eigenvalue weighted by Crippen LogP contribution is 2.30. The van der Waals surface area contributed by atoms with E-state index in [4.69, 9.17) is 0 Å². The Morgan fingerprint density at radius 3 is 2.31 bits per heavy atom. The van der Waals surface area contributed by atoms with Crippen LogP contribution in [0.25, 0.3) is 0 Å². The molecule has 1 aliphatic carbocycles. The summed E-state index contributed by atoms with van der Waals surface area (Å²) in [6.07, 6.45) is 9.40. The highest BCUT2D eigenvalue weighted by molar-refractivity contribution is 4.69. The smallest absolute Gasteiger partial charge is 0.0514 e. The van der Waals surface area contributed by atoms with Crippen LogP contribution < -0.4 is 0 Å². The molecule has 0 heterocycles. The number of hydrogen-bond donors (Lipinski definition) is 1. The molecule has 1 fully saturated rings. The Morgan fingerprint density at radius 1 is 1.15 bits per heavy atom. The fourth-order valence-electron chi connectivity index (χ4n) is 2.67. The Bertz CT molecular complexity index is 125. The molecule has 0 radical (unpaired) electrons. The van der Waals surface area contributed by atoms with Crippen molar-refractivity contribution in [1.29, 1.82) is 0 Å². The summed E-state index contributed by atoms with van der Waals surface area (Å²) in [4.78, 5) is 0. The van der Waals surface area contributed by atoms with Crippen molar-refractivity contribution in [3.05, 3.63) is 0 Å². The van der Waals surface area contributed by atoms with Gasteiger partial charge in [-0.1, -0.05) is 39.0 Å². The zero-order valence-corrected chi connectivity index (χ0v) is 9.13. The zero-order valence-electron chi connectivity index (χ0n) is 9.13. The number of rotatable bonds is 4. The molecule has 0 amide bonds. The van der Waals surface area contributed by atoms with Gasteiger partial charge in [-0.25, -0.2) is 0 Å². The lowest BCUT2D eigenvalue weighted by molar-refractivity contribution is 0.152. The van der Waals surface area contributed by atoms with Gasteiger partial charge >= 0.3 is 0 Å². The predicted molar refractivity (Wildman–Crippen MR) is 56.7 cm³/mol. The highest BCUT2D eigenvalue weighted by Gasteiger charge is 2.17. The summed E-state index contributed by atoms with van der Waals surface area (Å²) in [5.41, 5.74) is 0. The molecule has 0 aliphatic heterocycles. The van der Waals surface area contributed by atoms with E-state index >= 15 is 0 Å². The summed E-state index contributed by atoms with van der Waals surface area (Å²) < 4.78 is 0. The third kappa shape index (κ3) is 4.66. The minimum absolute atomic E-state index is 0.112. The summed E-state index contributed by atoms with van der Waals surface area (Å²) in [5.74, 6) is 1.67. The van der Waals surface area contributed by atoms with E-state index in [1.165, 1.54) is 38.5 Å². The lowest BCUT2D eigenvalue weighted by Crippen LogP contribution is -2.14. The normalized spacial score (nSPS) is 24.2. The monoisotopic (exact) mass is 184 g/mol. The first-order valence-electron chi connectivity index (χ1n) is 5.86. The molecule has 2 atom stereocenters. The van der Waals surface area contributed by atoms with Gasteiger partial charge in [0.05, 0.1) is 6.10 Å². The van der Waals surface area contributed by atoms with Crippen LogP contribution in [0.1, 0.15) is 58.8 Å². The number of aliphatic hydroxyl groups is 1.